The van der Waals surface area contributed by atoms with Gasteiger partial charge in [0.15, 0.2) is 0 Å². The first-order valence-electron chi connectivity index (χ1n) is 7.04. The lowest BCUT2D eigenvalue weighted by molar-refractivity contribution is -0.124. The lowest BCUT2D eigenvalue weighted by Crippen LogP contribution is -2.54. The van der Waals surface area contributed by atoms with Crippen LogP contribution in [0.5, 0.6) is 0 Å². The van der Waals surface area contributed by atoms with Crippen molar-refractivity contribution in [2.24, 2.45) is 11.7 Å². The standard InChI is InChI=1S/C14H28N2O2/c1-10(2)11(3)18-9-5-8-14(4,13(15)17)16-12-6-7-12/h10-12,16H,5-9H2,1-4H3,(H2,15,17). The Labute approximate surface area is 111 Å². The van der Waals surface area contributed by atoms with Gasteiger partial charge in [0.05, 0.1) is 11.6 Å². The quantitative estimate of drug-likeness (QED) is 0.619. The fourth-order valence-electron chi connectivity index (χ4n) is 1.83. The second-order valence-electron chi connectivity index (χ2n) is 6.04. The highest BCUT2D eigenvalue weighted by molar-refractivity contribution is 5.84. The van der Waals surface area contributed by atoms with E-state index in [0.717, 1.165) is 25.7 Å². The topological polar surface area (TPSA) is 64.3 Å². The zero-order valence-electron chi connectivity index (χ0n) is 12.2. The molecule has 106 valence electrons. The van der Waals surface area contributed by atoms with Crippen molar-refractivity contribution in [1.82, 2.24) is 5.32 Å². The number of nitrogens with two attached hydrogens (primary N) is 1. The van der Waals surface area contributed by atoms with Crippen LogP contribution in [0.25, 0.3) is 0 Å². The second-order valence-corrected chi connectivity index (χ2v) is 6.04. The third kappa shape index (κ3) is 4.94. The minimum atomic E-state index is -0.578. The molecule has 18 heavy (non-hydrogen) atoms. The maximum atomic E-state index is 11.5. The molecule has 1 aliphatic carbocycles. The van der Waals surface area contributed by atoms with E-state index in [1.165, 1.54) is 0 Å². The van der Waals surface area contributed by atoms with Crippen molar-refractivity contribution in [3.05, 3.63) is 0 Å². The van der Waals surface area contributed by atoms with Gasteiger partial charge in [-0.3, -0.25) is 4.79 Å². The van der Waals surface area contributed by atoms with Gasteiger partial charge in [0, 0.05) is 12.6 Å². The average Bonchev–Trinajstić information content (AvgIpc) is 3.07. The molecule has 0 aromatic rings. The van der Waals surface area contributed by atoms with Gasteiger partial charge in [-0.25, -0.2) is 0 Å². The molecular weight excluding hydrogens is 228 g/mol. The minimum Gasteiger partial charge on any atom is -0.378 e. The largest absolute Gasteiger partial charge is 0.378 e. The summed E-state index contributed by atoms with van der Waals surface area (Å²) in [5.74, 6) is 0.267. The zero-order valence-corrected chi connectivity index (χ0v) is 12.2. The van der Waals surface area contributed by atoms with E-state index >= 15 is 0 Å². The number of ether oxygens (including phenoxy) is 1. The highest BCUT2D eigenvalue weighted by Crippen LogP contribution is 2.24. The van der Waals surface area contributed by atoms with Crippen LogP contribution >= 0.6 is 0 Å². The number of carbonyl (C=O) groups excluding carboxylic acids is 1. The van der Waals surface area contributed by atoms with E-state index in [2.05, 4.69) is 26.1 Å². The Bertz CT molecular complexity index is 277. The van der Waals surface area contributed by atoms with Crippen molar-refractivity contribution in [2.45, 2.75) is 71.1 Å². The van der Waals surface area contributed by atoms with Gasteiger partial charge in [-0.1, -0.05) is 13.8 Å². The molecule has 4 heteroatoms. The van der Waals surface area contributed by atoms with Crippen molar-refractivity contribution in [3.63, 3.8) is 0 Å². The average molecular weight is 256 g/mol. The van der Waals surface area contributed by atoms with E-state index in [4.69, 9.17) is 10.5 Å². The Morgan fingerprint density at radius 2 is 2.06 bits per heavy atom. The van der Waals surface area contributed by atoms with Gasteiger partial charge in [0.1, 0.15) is 0 Å². The molecule has 1 fully saturated rings. The highest BCUT2D eigenvalue weighted by Gasteiger charge is 2.36. The number of primary amides is 1. The van der Waals surface area contributed by atoms with Gasteiger partial charge >= 0.3 is 0 Å². The minimum absolute atomic E-state index is 0.258. The Balaban J connectivity index is 2.27. The van der Waals surface area contributed by atoms with Crippen LogP contribution in [0.15, 0.2) is 0 Å². The van der Waals surface area contributed by atoms with E-state index in [9.17, 15) is 4.79 Å². The van der Waals surface area contributed by atoms with E-state index in [0.29, 0.717) is 18.6 Å². The number of nitrogens with one attached hydrogen (secondary N) is 1. The monoisotopic (exact) mass is 256 g/mol. The molecule has 0 heterocycles. The van der Waals surface area contributed by atoms with Crippen LogP contribution in [0.1, 0.15) is 53.4 Å². The SMILES string of the molecule is CC(C)C(C)OCCCC(C)(NC1CC1)C(N)=O. The number of hydrogen-bond acceptors (Lipinski definition) is 3. The fourth-order valence-corrected chi connectivity index (χ4v) is 1.83. The van der Waals surface area contributed by atoms with Crippen LogP contribution in [0.2, 0.25) is 0 Å². The maximum Gasteiger partial charge on any atom is 0.237 e. The van der Waals surface area contributed by atoms with Crippen LogP contribution in [0.3, 0.4) is 0 Å². The fraction of sp³-hybridized carbons (Fsp3) is 0.929. The molecule has 0 aliphatic heterocycles. The third-order valence-electron chi connectivity index (χ3n) is 3.78. The smallest absolute Gasteiger partial charge is 0.237 e. The Morgan fingerprint density at radius 3 is 2.50 bits per heavy atom. The summed E-state index contributed by atoms with van der Waals surface area (Å²) in [5.41, 5.74) is 4.92. The van der Waals surface area contributed by atoms with E-state index in [-0.39, 0.29) is 12.0 Å². The molecule has 4 nitrogen and oxygen atoms in total. The number of rotatable bonds is 9. The van der Waals surface area contributed by atoms with Crippen molar-refractivity contribution in [1.29, 1.82) is 0 Å². The summed E-state index contributed by atoms with van der Waals surface area (Å²) in [5, 5.41) is 3.35. The van der Waals surface area contributed by atoms with Crippen LogP contribution in [-0.4, -0.2) is 30.2 Å². The summed E-state index contributed by atoms with van der Waals surface area (Å²) in [6, 6.07) is 0.484. The molecular formula is C14H28N2O2. The lowest BCUT2D eigenvalue weighted by atomic mass is 9.95. The van der Waals surface area contributed by atoms with Gasteiger partial charge in [-0.2, -0.15) is 0 Å². The second kappa shape index (κ2) is 6.53. The van der Waals surface area contributed by atoms with Gasteiger partial charge in [-0.15, -0.1) is 0 Å². The first-order valence-corrected chi connectivity index (χ1v) is 7.04. The van der Waals surface area contributed by atoms with Crippen LogP contribution in [-0.2, 0) is 9.53 Å². The summed E-state index contributed by atoms with van der Waals surface area (Å²) in [7, 11) is 0. The number of carbonyl (C=O) groups is 1. The van der Waals surface area contributed by atoms with Crippen molar-refractivity contribution in [3.8, 4) is 0 Å². The van der Waals surface area contributed by atoms with Crippen LogP contribution in [0.4, 0.5) is 0 Å². The molecule has 0 spiro atoms. The van der Waals surface area contributed by atoms with E-state index in [1.807, 2.05) is 6.92 Å². The molecule has 0 radical (unpaired) electrons. The molecule has 1 saturated carbocycles. The summed E-state index contributed by atoms with van der Waals surface area (Å²) >= 11 is 0. The summed E-state index contributed by atoms with van der Waals surface area (Å²) in [6.07, 6.45) is 4.18. The highest BCUT2D eigenvalue weighted by atomic mass is 16.5. The number of amides is 1. The van der Waals surface area contributed by atoms with Crippen LogP contribution in [0, 0.1) is 5.92 Å². The van der Waals surface area contributed by atoms with Crippen molar-refractivity contribution in [2.75, 3.05) is 6.61 Å². The summed E-state index contributed by atoms with van der Waals surface area (Å²) in [4.78, 5) is 11.5. The molecule has 1 amide bonds. The predicted molar refractivity (Wildman–Crippen MR) is 73.2 cm³/mol. The number of hydrogen-bond donors (Lipinski definition) is 2. The van der Waals surface area contributed by atoms with E-state index < -0.39 is 5.54 Å². The van der Waals surface area contributed by atoms with Gasteiger partial charge in [-0.05, 0) is 45.4 Å². The Morgan fingerprint density at radius 1 is 1.44 bits per heavy atom. The van der Waals surface area contributed by atoms with Crippen molar-refractivity contribution < 1.29 is 9.53 Å². The van der Waals surface area contributed by atoms with Crippen molar-refractivity contribution >= 4 is 5.91 Å². The molecule has 1 aliphatic rings. The first kappa shape index (κ1) is 15.4. The lowest BCUT2D eigenvalue weighted by Gasteiger charge is -2.28. The molecule has 0 saturated heterocycles. The molecule has 0 aromatic carbocycles. The summed E-state index contributed by atoms with van der Waals surface area (Å²) < 4.78 is 5.72. The molecule has 1 rings (SSSR count). The first-order chi connectivity index (χ1) is 8.35. The molecule has 3 N–H and O–H groups in total. The maximum absolute atomic E-state index is 11.5. The molecule has 0 bridgehead atoms. The molecule has 0 aromatic heterocycles. The predicted octanol–water partition coefficient (Wildman–Crippen LogP) is 1.82. The summed E-state index contributed by atoms with van der Waals surface area (Å²) in [6.45, 7) is 8.97. The Kier molecular flexibility index (Phi) is 5.60. The molecule has 2 unspecified atom stereocenters. The van der Waals surface area contributed by atoms with E-state index in [1.54, 1.807) is 0 Å². The third-order valence-corrected chi connectivity index (χ3v) is 3.78. The normalized spacial score (nSPS) is 20.7. The van der Waals surface area contributed by atoms with Gasteiger partial charge in [0.25, 0.3) is 0 Å². The van der Waals surface area contributed by atoms with Gasteiger partial charge < -0.3 is 15.8 Å². The Hall–Kier alpha value is -0.610. The molecule has 2 atom stereocenters. The van der Waals surface area contributed by atoms with Crippen LogP contribution < -0.4 is 11.1 Å². The zero-order chi connectivity index (χ0) is 13.8. The van der Waals surface area contributed by atoms with Gasteiger partial charge in [0.2, 0.25) is 5.91 Å².